The summed E-state index contributed by atoms with van der Waals surface area (Å²) in [5.74, 6) is -0.967. The summed E-state index contributed by atoms with van der Waals surface area (Å²) in [6.45, 7) is 0. The average Bonchev–Trinajstić information content (AvgIpc) is 2.60. The quantitative estimate of drug-likeness (QED) is 0.597. The van der Waals surface area contributed by atoms with Gasteiger partial charge < -0.3 is 14.2 Å². The fraction of sp³-hybridized carbons (Fsp3) is 0.176. The number of hydrogen-bond acceptors (Lipinski definition) is 5. The van der Waals surface area contributed by atoms with E-state index in [9.17, 15) is 22.8 Å². The Morgan fingerprint density at radius 1 is 1.04 bits per heavy atom. The minimum absolute atomic E-state index is 0.118. The second kappa shape index (κ2) is 7.25. The van der Waals surface area contributed by atoms with Gasteiger partial charge in [0.1, 0.15) is 12.0 Å². The minimum atomic E-state index is -4.77. The molecule has 8 heteroatoms. The molecule has 0 atom stereocenters. The molecule has 132 valence electrons. The number of alkyl halides is 3. The third-order valence-corrected chi connectivity index (χ3v) is 3.25. The number of carbonyl (C=O) groups excluding carboxylic acids is 2. The molecule has 2 aromatic rings. The molecular formula is C17H13F3O5. The highest BCUT2D eigenvalue weighted by molar-refractivity contribution is 5.91. The van der Waals surface area contributed by atoms with Gasteiger partial charge in [-0.3, -0.25) is 4.79 Å². The first kappa shape index (κ1) is 18.3. The molecule has 0 heterocycles. The first-order chi connectivity index (χ1) is 11.8. The van der Waals surface area contributed by atoms with Gasteiger partial charge in [0, 0.05) is 5.56 Å². The lowest BCUT2D eigenvalue weighted by atomic mass is 10.1. The summed E-state index contributed by atoms with van der Waals surface area (Å²) in [5, 5.41) is 0. The van der Waals surface area contributed by atoms with Gasteiger partial charge >= 0.3 is 12.1 Å². The van der Waals surface area contributed by atoms with Gasteiger partial charge in [-0.25, -0.2) is 4.79 Å². The third-order valence-electron chi connectivity index (χ3n) is 3.25. The highest BCUT2D eigenvalue weighted by Crippen LogP contribution is 2.37. The molecule has 5 nitrogen and oxygen atoms in total. The lowest BCUT2D eigenvalue weighted by molar-refractivity contribution is -0.138. The van der Waals surface area contributed by atoms with Crippen molar-refractivity contribution >= 4 is 12.3 Å². The van der Waals surface area contributed by atoms with E-state index in [1.54, 1.807) is 0 Å². The molecule has 0 aliphatic rings. The Balaban J connectivity index is 2.44. The topological polar surface area (TPSA) is 61.8 Å². The summed E-state index contributed by atoms with van der Waals surface area (Å²) < 4.78 is 54.4. The largest absolute Gasteiger partial charge is 0.493 e. The number of halogens is 3. The van der Waals surface area contributed by atoms with Crippen LogP contribution in [-0.2, 0) is 10.9 Å². The summed E-state index contributed by atoms with van der Waals surface area (Å²) in [6.07, 6.45) is -4.17. The predicted octanol–water partition coefficient (Wildman–Crippen LogP) is 4.11. The van der Waals surface area contributed by atoms with Crippen LogP contribution in [0.15, 0.2) is 36.4 Å². The van der Waals surface area contributed by atoms with Crippen LogP contribution >= 0.6 is 0 Å². The monoisotopic (exact) mass is 354 g/mol. The van der Waals surface area contributed by atoms with Gasteiger partial charge in [0.15, 0.2) is 11.5 Å². The summed E-state index contributed by atoms with van der Waals surface area (Å²) >= 11 is 0. The third kappa shape index (κ3) is 4.09. The zero-order valence-electron chi connectivity index (χ0n) is 13.2. The van der Waals surface area contributed by atoms with Gasteiger partial charge in [0.25, 0.3) is 0 Å². The molecule has 0 radical (unpaired) electrons. The second-order valence-corrected chi connectivity index (χ2v) is 4.83. The standard InChI is InChI=1S/C17H13F3O5/c1-23-15-7-10(9-21)3-6-14(15)25-11-4-5-12(16(22)24-2)13(8-11)17(18,19)20/h3-9H,1-2H3. The number of hydrogen-bond donors (Lipinski definition) is 0. The average molecular weight is 354 g/mol. The Labute approximate surface area is 140 Å². The summed E-state index contributed by atoms with van der Waals surface area (Å²) in [6, 6.07) is 7.07. The first-order valence-corrected chi connectivity index (χ1v) is 6.90. The van der Waals surface area contributed by atoms with Crippen molar-refractivity contribution in [2.45, 2.75) is 6.18 Å². The van der Waals surface area contributed by atoms with Crippen molar-refractivity contribution in [2.24, 2.45) is 0 Å². The van der Waals surface area contributed by atoms with E-state index in [1.165, 1.54) is 31.4 Å². The van der Waals surface area contributed by atoms with Gasteiger partial charge in [0.2, 0.25) is 0 Å². The first-order valence-electron chi connectivity index (χ1n) is 6.90. The Morgan fingerprint density at radius 3 is 2.32 bits per heavy atom. The second-order valence-electron chi connectivity index (χ2n) is 4.83. The van der Waals surface area contributed by atoms with Crippen LogP contribution in [0.1, 0.15) is 26.3 Å². The van der Waals surface area contributed by atoms with Crippen molar-refractivity contribution in [2.75, 3.05) is 14.2 Å². The van der Waals surface area contributed by atoms with Crippen LogP contribution in [0.2, 0.25) is 0 Å². The maximum Gasteiger partial charge on any atom is 0.417 e. The normalized spacial score (nSPS) is 10.9. The van der Waals surface area contributed by atoms with Crippen LogP contribution in [0.25, 0.3) is 0 Å². The van der Waals surface area contributed by atoms with Crippen molar-refractivity contribution in [3.63, 3.8) is 0 Å². The molecule has 0 aliphatic heterocycles. The molecule has 0 aliphatic carbocycles. The SMILES string of the molecule is COC(=O)c1ccc(Oc2ccc(C=O)cc2OC)cc1C(F)(F)F. The van der Waals surface area contributed by atoms with Crippen molar-refractivity contribution in [3.05, 3.63) is 53.1 Å². The number of esters is 1. The maximum absolute atomic E-state index is 13.2. The molecule has 0 aromatic heterocycles. The molecule has 0 saturated heterocycles. The number of rotatable bonds is 5. The lowest BCUT2D eigenvalue weighted by Crippen LogP contribution is -2.14. The van der Waals surface area contributed by atoms with Crippen molar-refractivity contribution in [1.29, 1.82) is 0 Å². The van der Waals surface area contributed by atoms with Crippen molar-refractivity contribution in [3.8, 4) is 17.2 Å². The fourth-order valence-electron chi connectivity index (χ4n) is 2.08. The van der Waals surface area contributed by atoms with E-state index >= 15 is 0 Å². The molecule has 2 aromatic carbocycles. The number of methoxy groups -OCH3 is 2. The number of aldehydes is 1. The number of benzene rings is 2. The van der Waals surface area contributed by atoms with E-state index in [-0.39, 0.29) is 17.2 Å². The van der Waals surface area contributed by atoms with Crippen LogP contribution < -0.4 is 9.47 Å². The van der Waals surface area contributed by atoms with Gasteiger partial charge in [-0.05, 0) is 36.4 Å². The molecule has 0 bridgehead atoms. The van der Waals surface area contributed by atoms with Gasteiger partial charge in [-0.1, -0.05) is 0 Å². The molecular weight excluding hydrogens is 341 g/mol. The van der Waals surface area contributed by atoms with Crippen LogP contribution in [-0.4, -0.2) is 26.5 Å². The smallest absolute Gasteiger partial charge is 0.417 e. The van der Waals surface area contributed by atoms with E-state index in [0.29, 0.717) is 17.9 Å². The minimum Gasteiger partial charge on any atom is -0.493 e. The van der Waals surface area contributed by atoms with E-state index in [1.807, 2.05) is 0 Å². The molecule has 0 N–H and O–H groups in total. The van der Waals surface area contributed by atoms with E-state index < -0.39 is 23.3 Å². The Kier molecular flexibility index (Phi) is 5.31. The van der Waals surface area contributed by atoms with Gasteiger partial charge in [-0.15, -0.1) is 0 Å². The summed E-state index contributed by atoms with van der Waals surface area (Å²) in [7, 11) is 2.32. The van der Waals surface area contributed by atoms with Crippen LogP contribution in [0.3, 0.4) is 0 Å². The van der Waals surface area contributed by atoms with Crippen LogP contribution in [0.5, 0.6) is 17.2 Å². The van der Waals surface area contributed by atoms with Gasteiger partial charge in [-0.2, -0.15) is 13.2 Å². The summed E-state index contributed by atoms with van der Waals surface area (Å²) in [4.78, 5) is 22.3. The van der Waals surface area contributed by atoms with Crippen molar-refractivity contribution in [1.82, 2.24) is 0 Å². The highest BCUT2D eigenvalue weighted by atomic mass is 19.4. The van der Waals surface area contributed by atoms with Gasteiger partial charge in [0.05, 0.1) is 25.3 Å². The molecule has 0 spiro atoms. The number of carbonyl (C=O) groups is 2. The molecule has 25 heavy (non-hydrogen) atoms. The molecule has 0 amide bonds. The molecule has 0 fully saturated rings. The Hall–Kier alpha value is -3.03. The molecule has 0 unspecified atom stereocenters. The fourth-order valence-corrected chi connectivity index (χ4v) is 2.08. The molecule has 2 rings (SSSR count). The zero-order chi connectivity index (χ0) is 18.6. The van der Waals surface area contributed by atoms with E-state index in [4.69, 9.17) is 9.47 Å². The van der Waals surface area contributed by atoms with E-state index in [2.05, 4.69) is 4.74 Å². The zero-order valence-corrected chi connectivity index (χ0v) is 13.2. The summed E-state index contributed by atoms with van der Waals surface area (Å²) in [5.41, 5.74) is -1.48. The van der Waals surface area contributed by atoms with Crippen LogP contribution in [0.4, 0.5) is 13.2 Å². The number of ether oxygens (including phenoxy) is 3. The Bertz CT molecular complexity index is 799. The maximum atomic E-state index is 13.2. The van der Waals surface area contributed by atoms with Crippen molar-refractivity contribution < 1.29 is 37.0 Å². The Morgan fingerprint density at radius 2 is 1.76 bits per heavy atom. The van der Waals surface area contributed by atoms with E-state index in [0.717, 1.165) is 13.2 Å². The van der Waals surface area contributed by atoms with Crippen LogP contribution in [0, 0.1) is 0 Å². The molecule has 0 saturated carbocycles. The lowest BCUT2D eigenvalue weighted by Gasteiger charge is -2.15. The highest BCUT2D eigenvalue weighted by Gasteiger charge is 2.36. The predicted molar refractivity (Wildman–Crippen MR) is 81.2 cm³/mol.